The molecule has 0 spiro atoms. The van der Waals surface area contributed by atoms with Crippen molar-refractivity contribution in [2.45, 2.75) is 61.2 Å². The average molecular weight is 611 g/mol. The van der Waals surface area contributed by atoms with Gasteiger partial charge in [-0.1, -0.05) is 0 Å². The topological polar surface area (TPSA) is 280 Å². The molecule has 0 aliphatic carbocycles. The van der Waals surface area contributed by atoms with Crippen LogP contribution in [0.5, 0.6) is 23.0 Å². The highest BCUT2D eigenvalue weighted by Gasteiger charge is 2.47. The Kier molecular flexibility index (Phi) is 8.52. The highest BCUT2D eigenvalue weighted by molar-refractivity contribution is 5.88. The van der Waals surface area contributed by atoms with Gasteiger partial charge in [0.05, 0.1) is 18.8 Å². The molecule has 2 fully saturated rings. The Hall–Kier alpha value is -3.55. The third-order valence-electron chi connectivity index (χ3n) is 7.52. The highest BCUT2D eigenvalue weighted by Crippen LogP contribution is 2.45. The van der Waals surface area contributed by atoms with Gasteiger partial charge in [-0.3, -0.25) is 4.79 Å². The molecule has 0 radical (unpaired) electrons. The molecule has 0 bridgehead atoms. The second-order valence-electron chi connectivity index (χ2n) is 10.3. The minimum Gasteiger partial charge on any atom is -0.507 e. The number of phenols is 3. The number of ether oxygens (including phenoxy) is 3. The van der Waals surface area contributed by atoms with Crippen molar-refractivity contribution in [1.82, 2.24) is 0 Å². The van der Waals surface area contributed by atoms with E-state index in [1.54, 1.807) is 0 Å². The predicted molar refractivity (Wildman–Crippen MR) is 140 cm³/mol. The van der Waals surface area contributed by atoms with Crippen molar-refractivity contribution in [3.63, 3.8) is 0 Å². The van der Waals surface area contributed by atoms with Gasteiger partial charge in [-0.2, -0.15) is 0 Å². The summed E-state index contributed by atoms with van der Waals surface area (Å²) >= 11 is 0. The first-order valence-electron chi connectivity index (χ1n) is 13.0. The van der Waals surface area contributed by atoms with Crippen LogP contribution in [0.2, 0.25) is 0 Å². The molecule has 10 unspecified atom stereocenters. The number of rotatable bonds is 6. The zero-order valence-corrected chi connectivity index (χ0v) is 22.0. The average Bonchev–Trinajstić information content (AvgIpc) is 2.97. The Labute approximate surface area is 241 Å². The number of benzene rings is 2. The second-order valence-corrected chi connectivity index (χ2v) is 10.3. The molecular weight excluding hydrogens is 580 g/mol. The molecule has 16 nitrogen and oxygen atoms in total. The Bertz CT molecular complexity index is 1540. The van der Waals surface area contributed by atoms with Crippen molar-refractivity contribution in [3.8, 4) is 34.3 Å². The first kappa shape index (κ1) is 30.9. The van der Waals surface area contributed by atoms with Crippen LogP contribution in [0.1, 0.15) is 11.7 Å². The van der Waals surface area contributed by atoms with Gasteiger partial charge in [0.1, 0.15) is 83.2 Å². The molecule has 3 heterocycles. The number of aromatic hydroxyl groups is 3. The summed E-state index contributed by atoms with van der Waals surface area (Å²) in [7, 11) is 0. The normalized spacial score (nSPS) is 33.0. The maximum Gasteiger partial charge on any atom is 0.229 e. The fraction of sp³-hybridized carbons (Fsp3) is 0.444. The molecule has 234 valence electrons. The lowest BCUT2D eigenvalue weighted by Gasteiger charge is -2.40. The fourth-order valence-corrected chi connectivity index (χ4v) is 5.13. The largest absolute Gasteiger partial charge is 0.507 e. The van der Waals surface area contributed by atoms with E-state index in [1.807, 2.05) is 0 Å². The summed E-state index contributed by atoms with van der Waals surface area (Å²) in [5.41, 5.74) is -1.50. The number of phenolic OH excluding ortho intramolecular Hbond substituents is 3. The van der Waals surface area contributed by atoms with Crippen molar-refractivity contribution in [2.75, 3.05) is 13.2 Å². The third-order valence-corrected chi connectivity index (χ3v) is 7.52. The molecule has 2 aliphatic rings. The molecule has 3 aromatic rings. The van der Waals surface area contributed by atoms with Crippen LogP contribution in [-0.4, -0.2) is 125 Å². The number of aliphatic hydroxyl groups is 8. The van der Waals surface area contributed by atoms with E-state index in [0.29, 0.717) is 0 Å². The van der Waals surface area contributed by atoms with E-state index < -0.39 is 108 Å². The molecule has 0 saturated carbocycles. The molecule has 43 heavy (non-hydrogen) atoms. The molecule has 1 aromatic heterocycles. The third kappa shape index (κ3) is 5.38. The maximum absolute atomic E-state index is 13.1. The van der Waals surface area contributed by atoms with E-state index in [2.05, 4.69) is 0 Å². The van der Waals surface area contributed by atoms with Crippen molar-refractivity contribution in [1.29, 1.82) is 0 Å². The van der Waals surface area contributed by atoms with Gasteiger partial charge in [0.15, 0.2) is 16.9 Å². The summed E-state index contributed by atoms with van der Waals surface area (Å²) in [5, 5.41) is 111. The van der Waals surface area contributed by atoms with Crippen LogP contribution >= 0.6 is 0 Å². The number of hydrogen-bond acceptors (Lipinski definition) is 16. The second kappa shape index (κ2) is 11.9. The van der Waals surface area contributed by atoms with Crippen LogP contribution in [0.3, 0.4) is 0 Å². The van der Waals surface area contributed by atoms with Gasteiger partial charge in [-0.25, -0.2) is 0 Å². The van der Waals surface area contributed by atoms with Crippen molar-refractivity contribution >= 4 is 11.0 Å². The summed E-state index contributed by atoms with van der Waals surface area (Å²) in [6.45, 7) is -1.45. The molecule has 16 heteroatoms. The molecular formula is C27H30O16. The number of fused-ring (bicyclic) bond motifs is 1. The van der Waals surface area contributed by atoms with E-state index in [9.17, 15) is 61.0 Å². The standard InChI is InChI=1S/C27H30O16/c28-6-15-19(33)22(36)24(38)26(41-15)18-11(32)5-14-17(21(18)35)10(31)4-13(40-14)8-1-2-12(9(30)3-8)42-27-25(39)23(37)20(34)16(7-29)43-27/h1-5,15-16,19-20,22-30,32-39H,6-7H2. The summed E-state index contributed by atoms with van der Waals surface area (Å²) < 4.78 is 21.8. The quantitative estimate of drug-likeness (QED) is 0.135. The zero-order chi connectivity index (χ0) is 31.3. The van der Waals surface area contributed by atoms with Gasteiger partial charge >= 0.3 is 0 Å². The van der Waals surface area contributed by atoms with Crippen LogP contribution in [0, 0.1) is 0 Å². The summed E-state index contributed by atoms with van der Waals surface area (Å²) in [4.78, 5) is 13.1. The lowest BCUT2D eigenvalue weighted by atomic mass is 9.89. The summed E-state index contributed by atoms with van der Waals surface area (Å²) in [5.74, 6) is -2.45. The Morgan fingerprint density at radius 2 is 1.35 bits per heavy atom. The first-order valence-corrected chi connectivity index (χ1v) is 13.0. The maximum atomic E-state index is 13.1. The Morgan fingerprint density at radius 1 is 0.721 bits per heavy atom. The Balaban J connectivity index is 1.46. The van der Waals surface area contributed by atoms with Crippen molar-refractivity contribution in [3.05, 3.63) is 46.1 Å². The first-order chi connectivity index (χ1) is 20.4. The molecule has 0 amide bonds. The van der Waals surface area contributed by atoms with Crippen LogP contribution < -0.4 is 10.2 Å². The van der Waals surface area contributed by atoms with Crippen LogP contribution in [0.4, 0.5) is 0 Å². The van der Waals surface area contributed by atoms with Gasteiger partial charge in [-0.15, -0.1) is 0 Å². The van der Waals surface area contributed by atoms with Crippen LogP contribution in [0.15, 0.2) is 39.5 Å². The van der Waals surface area contributed by atoms with Gasteiger partial charge in [0, 0.05) is 17.7 Å². The van der Waals surface area contributed by atoms with E-state index in [4.69, 9.17) is 18.6 Å². The van der Waals surface area contributed by atoms with E-state index in [1.165, 1.54) is 12.1 Å². The van der Waals surface area contributed by atoms with Crippen molar-refractivity contribution < 1.29 is 74.8 Å². The molecule has 2 aromatic carbocycles. The molecule has 2 aliphatic heterocycles. The van der Waals surface area contributed by atoms with Crippen molar-refractivity contribution in [2.24, 2.45) is 0 Å². The lowest BCUT2D eigenvalue weighted by Crippen LogP contribution is -2.60. The molecule has 11 N–H and O–H groups in total. The smallest absolute Gasteiger partial charge is 0.229 e. The zero-order valence-electron chi connectivity index (χ0n) is 22.0. The fourth-order valence-electron chi connectivity index (χ4n) is 5.13. The summed E-state index contributed by atoms with van der Waals surface area (Å²) in [6, 6.07) is 5.58. The van der Waals surface area contributed by atoms with Gasteiger partial charge in [0.2, 0.25) is 6.29 Å². The predicted octanol–water partition coefficient (Wildman–Crippen LogP) is -2.73. The number of aliphatic hydroxyl groups excluding tert-OH is 8. The summed E-state index contributed by atoms with van der Waals surface area (Å²) in [6.07, 6.45) is -16.2. The molecule has 5 rings (SSSR count). The van der Waals surface area contributed by atoms with E-state index in [-0.39, 0.29) is 22.7 Å². The highest BCUT2D eigenvalue weighted by atomic mass is 16.7. The van der Waals surface area contributed by atoms with Crippen LogP contribution in [0.25, 0.3) is 22.3 Å². The van der Waals surface area contributed by atoms with Gasteiger partial charge in [0.25, 0.3) is 0 Å². The van der Waals surface area contributed by atoms with Gasteiger partial charge in [-0.05, 0) is 18.2 Å². The monoisotopic (exact) mass is 610 g/mol. The number of hydrogen-bond donors (Lipinski definition) is 11. The van der Waals surface area contributed by atoms with E-state index in [0.717, 1.165) is 18.2 Å². The van der Waals surface area contributed by atoms with E-state index >= 15 is 0 Å². The molecule has 10 atom stereocenters. The Morgan fingerprint density at radius 3 is 1.98 bits per heavy atom. The molecule has 2 saturated heterocycles. The minimum atomic E-state index is -1.86. The lowest BCUT2D eigenvalue weighted by molar-refractivity contribution is -0.277. The van der Waals surface area contributed by atoms with Crippen LogP contribution in [-0.2, 0) is 9.47 Å². The SMILES string of the molecule is O=c1cc(-c2ccc(OC3OC(CO)C(O)C(O)C3O)c(O)c2)oc2cc(O)c(C3OC(CO)C(O)C(O)C3O)c(O)c12. The van der Waals surface area contributed by atoms with Gasteiger partial charge < -0.3 is 74.8 Å². The minimum absolute atomic E-state index is 0.120.